The molecule has 0 N–H and O–H groups in total. The molecule has 1 aliphatic rings. The van der Waals surface area contributed by atoms with Gasteiger partial charge in [-0.2, -0.15) is 0 Å². The van der Waals surface area contributed by atoms with Gasteiger partial charge in [0.05, 0.1) is 4.53 Å². The second-order valence-electron chi connectivity index (χ2n) is 9.07. The maximum atomic E-state index is 13.3. The van der Waals surface area contributed by atoms with Crippen LogP contribution in [0.15, 0.2) is 53.3 Å². The molecule has 7 heteroatoms. The average molecular weight is 481 g/mol. The van der Waals surface area contributed by atoms with Crippen LogP contribution in [-0.2, 0) is 22.6 Å². The van der Waals surface area contributed by atoms with Crippen molar-refractivity contribution in [2.24, 2.45) is 5.41 Å². The molecular formula is C26H25ClN2O3S. The second-order valence-corrected chi connectivity index (χ2v) is 10.6. The molecular weight excluding hydrogens is 456 g/mol. The van der Waals surface area contributed by atoms with Crippen LogP contribution in [0.4, 0.5) is 5.69 Å². The van der Waals surface area contributed by atoms with E-state index in [0.717, 1.165) is 23.2 Å². The maximum Gasteiger partial charge on any atom is 0.269 e. The Morgan fingerprint density at radius 3 is 2.48 bits per heavy atom. The third kappa shape index (κ3) is 5.02. The van der Waals surface area contributed by atoms with Crippen molar-refractivity contribution in [3.63, 3.8) is 0 Å². The third-order valence-corrected chi connectivity index (χ3v) is 6.89. The number of Topliss-reactive ketones (excluding diaryl/α,β-unsaturated/α-hetero) is 1. The first-order valence-electron chi connectivity index (χ1n) is 10.7. The summed E-state index contributed by atoms with van der Waals surface area (Å²) in [6, 6.07) is 15.0. The molecule has 5 nitrogen and oxygen atoms in total. The number of nitrogens with zero attached hydrogens (tertiary/aromatic N) is 2. The maximum absolute atomic E-state index is 13.3. The van der Waals surface area contributed by atoms with Crippen LogP contribution in [0.5, 0.6) is 0 Å². The van der Waals surface area contributed by atoms with Crippen molar-refractivity contribution in [1.29, 1.82) is 0 Å². The van der Waals surface area contributed by atoms with E-state index in [1.165, 1.54) is 22.0 Å². The van der Waals surface area contributed by atoms with Crippen LogP contribution in [0.2, 0.25) is 5.02 Å². The Morgan fingerprint density at radius 1 is 1.09 bits per heavy atom. The number of carbonyl (C=O) groups excluding carboxylic acids is 2. The summed E-state index contributed by atoms with van der Waals surface area (Å²) >= 11 is 7.18. The van der Waals surface area contributed by atoms with E-state index < -0.39 is 5.41 Å². The highest BCUT2D eigenvalue weighted by molar-refractivity contribution is 7.07. The monoisotopic (exact) mass is 480 g/mol. The quantitative estimate of drug-likeness (QED) is 0.575. The van der Waals surface area contributed by atoms with Crippen LogP contribution in [0.25, 0.3) is 12.2 Å². The van der Waals surface area contributed by atoms with Gasteiger partial charge in [0.1, 0.15) is 11.2 Å². The van der Waals surface area contributed by atoms with Crippen LogP contribution >= 0.6 is 22.9 Å². The largest absolute Gasteiger partial charge is 0.310 e. The fourth-order valence-corrected chi connectivity index (χ4v) is 4.82. The number of aromatic nitrogens is 1. The molecule has 1 aliphatic heterocycles. The molecule has 2 heterocycles. The summed E-state index contributed by atoms with van der Waals surface area (Å²) in [5.41, 5.74) is 1.94. The lowest BCUT2D eigenvalue weighted by Crippen LogP contribution is -2.40. The Balaban J connectivity index is 1.77. The first-order valence-corrected chi connectivity index (χ1v) is 11.9. The van der Waals surface area contributed by atoms with Gasteiger partial charge in [-0.3, -0.25) is 19.0 Å². The first-order chi connectivity index (χ1) is 15.6. The minimum atomic E-state index is -0.594. The van der Waals surface area contributed by atoms with Crippen molar-refractivity contribution >= 4 is 52.5 Å². The summed E-state index contributed by atoms with van der Waals surface area (Å²) in [6.07, 6.45) is 4.03. The molecule has 0 saturated carbocycles. The molecule has 3 aromatic rings. The molecule has 0 fully saturated rings. The Bertz CT molecular complexity index is 1400. The highest BCUT2D eigenvalue weighted by Gasteiger charge is 2.25. The number of rotatable bonds is 4. The third-order valence-electron chi connectivity index (χ3n) is 5.58. The van der Waals surface area contributed by atoms with Gasteiger partial charge in [-0.05, 0) is 41.8 Å². The summed E-state index contributed by atoms with van der Waals surface area (Å²) in [6.45, 7) is 5.95. The summed E-state index contributed by atoms with van der Waals surface area (Å²) in [7, 11) is 0. The average Bonchev–Trinajstić information content (AvgIpc) is 3.32. The number of carbonyl (C=O) groups is 2. The van der Waals surface area contributed by atoms with Gasteiger partial charge in [0.15, 0.2) is 5.78 Å². The molecule has 0 atom stereocenters. The number of amides is 1. The molecule has 0 spiro atoms. The number of thiazole rings is 1. The predicted octanol–water partition coefficient (Wildman–Crippen LogP) is 3.38. The molecule has 1 amide bonds. The zero-order chi connectivity index (χ0) is 23.8. The van der Waals surface area contributed by atoms with Crippen molar-refractivity contribution in [2.45, 2.75) is 33.7 Å². The van der Waals surface area contributed by atoms with Crippen molar-refractivity contribution in [2.75, 3.05) is 11.4 Å². The number of halogens is 1. The molecule has 0 saturated heterocycles. The Kier molecular flexibility index (Phi) is 6.41. The van der Waals surface area contributed by atoms with Crippen LogP contribution in [0, 0.1) is 5.41 Å². The van der Waals surface area contributed by atoms with E-state index in [1.54, 1.807) is 23.1 Å². The normalized spacial score (nSPS) is 14.6. The van der Waals surface area contributed by atoms with Crippen molar-refractivity contribution in [3.8, 4) is 0 Å². The number of anilines is 1. The van der Waals surface area contributed by atoms with E-state index in [9.17, 15) is 14.4 Å². The van der Waals surface area contributed by atoms with Crippen LogP contribution in [-0.4, -0.2) is 22.8 Å². The van der Waals surface area contributed by atoms with Crippen molar-refractivity contribution in [3.05, 3.63) is 84.2 Å². The minimum Gasteiger partial charge on any atom is -0.310 e. The SMILES string of the molecule is CC(C)(C)C(=O)/C=c1\s/c(=C\c2ccc(Cl)cc2)c(=O)n1CC(=O)N1CCc2ccccc21. The lowest BCUT2D eigenvalue weighted by molar-refractivity contribution is -0.120. The molecule has 33 heavy (non-hydrogen) atoms. The van der Waals surface area contributed by atoms with E-state index in [4.69, 9.17) is 11.6 Å². The lowest BCUT2D eigenvalue weighted by Gasteiger charge is -2.17. The number of benzene rings is 2. The van der Waals surface area contributed by atoms with Gasteiger partial charge in [0.25, 0.3) is 5.56 Å². The van der Waals surface area contributed by atoms with E-state index >= 15 is 0 Å². The highest BCUT2D eigenvalue weighted by atomic mass is 35.5. The van der Waals surface area contributed by atoms with Crippen LogP contribution < -0.4 is 19.7 Å². The van der Waals surface area contributed by atoms with Crippen molar-refractivity contribution < 1.29 is 9.59 Å². The van der Waals surface area contributed by atoms with Crippen molar-refractivity contribution in [1.82, 2.24) is 4.57 Å². The Morgan fingerprint density at radius 2 is 1.79 bits per heavy atom. The first kappa shape index (κ1) is 23.2. The fourth-order valence-electron chi connectivity index (χ4n) is 3.65. The molecule has 2 aromatic carbocycles. The van der Waals surface area contributed by atoms with Gasteiger partial charge in [-0.15, -0.1) is 11.3 Å². The summed E-state index contributed by atoms with van der Waals surface area (Å²) in [4.78, 5) is 41.0. The standard InChI is InChI=1S/C26H25ClN2O3S/c1-26(2,3)22(30)15-24-29(16-23(31)28-13-12-18-6-4-5-7-20(18)28)25(32)21(33-24)14-17-8-10-19(27)11-9-17/h4-11,14-15H,12-13,16H2,1-3H3/b21-14-,24-15-. The zero-order valence-electron chi connectivity index (χ0n) is 18.8. The second kappa shape index (κ2) is 9.12. The van der Waals surface area contributed by atoms with E-state index in [0.29, 0.717) is 20.8 Å². The molecule has 170 valence electrons. The van der Waals surface area contributed by atoms with E-state index in [-0.39, 0.29) is 23.8 Å². The van der Waals surface area contributed by atoms with E-state index in [2.05, 4.69) is 0 Å². The minimum absolute atomic E-state index is 0.102. The number of para-hydroxylation sites is 1. The molecule has 1 aromatic heterocycles. The zero-order valence-corrected chi connectivity index (χ0v) is 20.4. The number of hydrogen-bond donors (Lipinski definition) is 0. The van der Waals surface area contributed by atoms with Gasteiger partial charge in [0.2, 0.25) is 5.91 Å². The van der Waals surface area contributed by atoms with Gasteiger partial charge in [-0.25, -0.2) is 0 Å². The predicted molar refractivity (Wildman–Crippen MR) is 134 cm³/mol. The molecule has 0 radical (unpaired) electrons. The van der Waals surface area contributed by atoms with E-state index in [1.807, 2.05) is 57.2 Å². The summed E-state index contributed by atoms with van der Waals surface area (Å²) < 4.78 is 2.35. The smallest absolute Gasteiger partial charge is 0.269 e. The Hall–Kier alpha value is -2.96. The summed E-state index contributed by atoms with van der Waals surface area (Å²) in [5, 5.41) is 0.608. The van der Waals surface area contributed by atoms with Crippen LogP contribution in [0.3, 0.4) is 0 Å². The number of fused-ring (bicyclic) bond motifs is 1. The highest BCUT2D eigenvalue weighted by Crippen LogP contribution is 2.27. The number of hydrogen-bond acceptors (Lipinski definition) is 4. The summed E-state index contributed by atoms with van der Waals surface area (Å²) in [5.74, 6) is -0.273. The van der Waals surface area contributed by atoms with Gasteiger partial charge in [0, 0.05) is 28.7 Å². The lowest BCUT2D eigenvalue weighted by atomic mass is 9.91. The van der Waals surface area contributed by atoms with Gasteiger partial charge >= 0.3 is 0 Å². The Labute approximate surface area is 201 Å². The molecule has 0 aliphatic carbocycles. The van der Waals surface area contributed by atoms with Crippen LogP contribution in [0.1, 0.15) is 31.9 Å². The van der Waals surface area contributed by atoms with Gasteiger partial charge in [-0.1, -0.05) is 62.7 Å². The number of ketones is 1. The van der Waals surface area contributed by atoms with Gasteiger partial charge < -0.3 is 4.90 Å². The molecule has 0 unspecified atom stereocenters. The topological polar surface area (TPSA) is 59.4 Å². The fraction of sp³-hybridized carbons (Fsp3) is 0.269. The molecule has 4 rings (SSSR count). The molecule has 0 bridgehead atoms.